The molecule has 0 amide bonds. The largest absolute Gasteiger partial charge is 0.393 e. The maximum absolute atomic E-state index is 8.36. The molecule has 0 bridgehead atoms. The minimum atomic E-state index is -0.407. The lowest BCUT2D eigenvalue weighted by Gasteiger charge is -1.94. The van der Waals surface area contributed by atoms with E-state index < -0.39 is 6.10 Å². The van der Waals surface area contributed by atoms with Crippen molar-refractivity contribution in [3.05, 3.63) is 6.61 Å². The standard InChI is InChI=1S/C4H9O2/c1-4(6)2-3-5/h3-6H,2H2,1H3. The van der Waals surface area contributed by atoms with Crippen molar-refractivity contribution in [1.29, 1.82) is 0 Å². The van der Waals surface area contributed by atoms with Crippen LogP contribution in [0.5, 0.6) is 0 Å². The van der Waals surface area contributed by atoms with Crippen LogP contribution in [0.25, 0.3) is 0 Å². The summed E-state index contributed by atoms with van der Waals surface area (Å²) >= 11 is 0. The topological polar surface area (TPSA) is 40.5 Å². The van der Waals surface area contributed by atoms with Crippen molar-refractivity contribution in [3.63, 3.8) is 0 Å². The van der Waals surface area contributed by atoms with E-state index >= 15 is 0 Å². The molecule has 1 unspecified atom stereocenters. The van der Waals surface area contributed by atoms with Gasteiger partial charge in [-0.3, -0.25) is 0 Å². The summed E-state index contributed by atoms with van der Waals surface area (Å²) in [5.74, 6) is 0. The Morgan fingerprint density at radius 2 is 2.33 bits per heavy atom. The average Bonchev–Trinajstić information content (AvgIpc) is 1.35. The highest BCUT2D eigenvalue weighted by atomic mass is 16.3. The fourth-order valence-corrected chi connectivity index (χ4v) is 0.153. The molecule has 2 N–H and O–H groups in total. The van der Waals surface area contributed by atoms with Gasteiger partial charge in [0.2, 0.25) is 0 Å². The fraction of sp³-hybridized carbons (Fsp3) is 0.750. The summed E-state index contributed by atoms with van der Waals surface area (Å²) in [6.07, 6.45) is -0.0463. The SMILES string of the molecule is CC(O)C[CH]O. The van der Waals surface area contributed by atoms with Crippen LogP contribution >= 0.6 is 0 Å². The normalized spacial score (nSPS) is 14.5. The minimum Gasteiger partial charge on any atom is -0.393 e. The Hall–Kier alpha value is -0.0800. The lowest BCUT2D eigenvalue weighted by molar-refractivity contribution is 0.173. The average molecular weight is 89.1 g/mol. The highest BCUT2D eigenvalue weighted by Crippen LogP contribution is 1.87. The minimum absolute atomic E-state index is 0.361. The second kappa shape index (κ2) is 3.12. The number of aliphatic hydroxyl groups is 2. The molecule has 2 heteroatoms. The lowest BCUT2D eigenvalue weighted by Crippen LogP contribution is -1.97. The van der Waals surface area contributed by atoms with E-state index in [1.165, 1.54) is 0 Å². The van der Waals surface area contributed by atoms with Crippen molar-refractivity contribution in [2.75, 3.05) is 0 Å². The van der Waals surface area contributed by atoms with Gasteiger partial charge in [-0.15, -0.1) is 0 Å². The van der Waals surface area contributed by atoms with Gasteiger partial charge in [0, 0.05) is 6.42 Å². The number of aliphatic hydroxyl groups excluding tert-OH is 2. The number of hydrogen-bond acceptors (Lipinski definition) is 2. The van der Waals surface area contributed by atoms with Crippen molar-refractivity contribution >= 4 is 0 Å². The zero-order valence-corrected chi connectivity index (χ0v) is 3.76. The lowest BCUT2D eigenvalue weighted by atomic mass is 10.3. The van der Waals surface area contributed by atoms with Crippen molar-refractivity contribution in [3.8, 4) is 0 Å². The molecule has 0 spiro atoms. The van der Waals surface area contributed by atoms with Gasteiger partial charge >= 0.3 is 0 Å². The highest BCUT2D eigenvalue weighted by molar-refractivity contribution is 4.51. The molecule has 1 atom stereocenters. The van der Waals surface area contributed by atoms with E-state index in [0.717, 1.165) is 6.61 Å². The van der Waals surface area contributed by atoms with Gasteiger partial charge in [-0.05, 0) is 6.92 Å². The van der Waals surface area contributed by atoms with Crippen LogP contribution in [0.1, 0.15) is 13.3 Å². The van der Waals surface area contributed by atoms with Crippen molar-refractivity contribution in [1.82, 2.24) is 0 Å². The maximum Gasteiger partial charge on any atom is 0.0824 e. The second-order valence-corrected chi connectivity index (χ2v) is 1.27. The fourth-order valence-electron chi connectivity index (χ4n) is 0.153. The Balaban J connectivity index is 2.63. The monoisotopic (exact) mass is 89.1 g/mol. The first kappa shape index (κ1) is 5.92. The Bertz CT molecular complexity index is 26.7. The molecule has 2 nitrogen and oxygen atoms in total. The highest BCUT2D eigenvalue weighted by Gasteiger charge is 1.89. The van der Waals surface area contributed by atoms with Crippen molar-refractivity contribution in [2.24, 2.45) is 0 Å². The molecule has 0 fully saturated rings. The van der Waals surface area contributed by atoms with Gasteiger partial charge < -0.3 is 10.2 Å². The van der Waals surface area contributed by atoms with E-state index in [0.29, 0.717) is 6.42 Å². The van der Waals surface area contributed by atoms with Gasteiger partial charge in [0.25, 0.3) is 0 Å². The quantitative estimate of drug-likeness (QED) is 0.510. The second-order valence-electron chi connectivity index (χ2n) is 1.27. The van der Waals surface area contributed by atoms with E-state index in [1.54, 1.807) is 6.92 Å². The molecule has 0 heterocycles. The zero-order valence-electron chi connectivity index (χ0n) is 3.76. The number of rotatable bonds is 2. The summed E-state index contributed by atoms with van der Waals surface area (Å²) in [5, 5.41) is 16.3. The van der Waals surface area contributed by atoms with E-state index in [4.69, 9.17) is 10.2 Å². The molecule has 37 valence electrons. The Morgan fingerprint density at radius 1 is 1.83 bits per heavy atom. The van der Waals surface area contributed by atoms with Crippen LogP contribution in [0.4, 0.5) is 0 Å². The maximum atomic E-state index is 8.36. The molecule has 6 heavy (non-hydrogen) atoms. The van der Waals surface area contributed by atoms with Crippen LogP contribution in [0.3, 0.4) is 0 Å². The smallest absolute Gasteiger partial charge is 0.0824 e. The van der Waals surface area contributed by atoms with Crippen LogP contribution in [0.15, 0.2) is 0 Å². The van der Waals surface area contributed by atoms with E-state index in [-0.39, 0.29) is 0 Å². The van der Waals surface area contributed by atoms with Crippen LogP contribution in [-0.4, -0.2) is 16.3 Å². The predicted molar refractivity (Wildman–Crippen MR) is 22.5 cm³/mol. The third kappa shape index (κ3) is 3.92. The third-order valence-corrected chi connectivity index (χ3v) is 0.447. The van der Waals surface area contributed by atoms with Gasteiger partial charge in [-0.2, -0.15) is 0 Å². The Kier molecular flexibility index (Phi) is 3.08. The summed E-state index contributed by atoms with van der Waals surface area (Å²) in [6.45, 7) is 2.57. The summed E-state index contributed by atoms with van der Waals surface area (Å²) in [7, 11) is 0. The molecule has 0 aromatic carbocycles. The molecule has 0 rings (SSSR count). The van der Waals surface area contributed by atoms with Crippen LogP contribution < -0.4 is 0 Å². The van der Waals surface area contributed by atoms with Crippen LogP contribution in [-0.2, 0) is 0 Å². The third-order valence-electron chi connectivity index (χ3n) is 0.447. The summed E-state index contributed by atoms with van der Waals surface area (Å²) < 4.78 is 0. The van der Waals surface area contributed by atoms with Gasteiger partial charge in [0.1, 0.15) is 0 Å². The molecular weight excluding hydrogens is 80.0 g/mol. The molecule has 1 radical (unpaired) electrons. The van der Waals surface area contributed by atoms with Gasteiger partial charge in [0.15, 0.2) is 0 Å². The molecule has 0 aliphatic rings. The summed E-state index contributed by atoms with van der Waals surface area (Å²) in [6, 6.07) is 0. The van der Waals surface area contributed by atoms with Gasteiger partial charge in [0.05, 0.1) is 12.7 Å². The molecule has 0 aliphatic heterocycles. The zero-order chi connectivity index (χ0) is 4.99. The summed E-state index contributed by atoms with van der Waals surface area (Å²) in [5.41, 5.74) is 0. The Morgan fingerprint density at radius 3 is 2.33 bits per heavy atom. The first-order chi connectivity index (χ1) is 2.77. The van der Waals surface area contributed by atoms with Gasteiger partial charge in [-0.1, -0.05) is 0 Å². The van der Waals surface area contributed by atoms with E-state index in [9.17, 15) is 0 Å². The van der Waals surface area contributed by atoms with E-state index in [1.807, 2.05) is 0 Å². The molecule has 0 aromatic rings. The molecule has 0 aromatic heterocycles. The number of hydrogen-bond donors (Lipinski definition) is 2. The summed E-state index contributed by atoms with van der Waals surface area (Å²) in [4.78, 5) is 0. The first-order valence-electron chi connectivity index (χ1n) is 1.91. The van der Waals surface area contributed by atoms with E-state index in [2.05, 4.69) is 0 Å². The molecule has 0 saturated carbocycles. The van der Waals surface area contributed by atoms with Crippen LogP contribution in [0, 0.1) is 6.61 Å². The van der Waals surface area contributed by atoms with Crippen molar-refractivity contribution < 1.29 is 10.2 Å². The molecule has 0 saturated heterocycles. The Labute approximate surface area is 37.4 Å². The van der Waals surface area contributed by atoms with Crippen LogP contribution in [0.2, 0.25) is 0 Å². The first-order valence-corrected chi connectivity index (χ1v) is 1.91. The van der Waals surface area contributed by atoms with Gasteiger partial charge in [-0.25, -0.2) is 0 Å². The molecular formula is C4H9O2. The predicted octanol–water partition coefficient (Wildman–Crippen LogP) is 0.292. The molecule has 0 aliphatic carbocycles. The van der Waals surface area contributed by atoms with Crippen molar-refractivity contribution in [2.45, 2.75) is 19.4 Å².